The summed E-state index contributed by atoms with van der Waals surface area (Å²) in [6.07, 6.45) is 1.02. The van der Waals surface area contributed by atoms with Gasteiger partial charge in [0.15, 0.2) is 0 Å². The number of benzene rings is 2. The van der Waals surface area contributed by atoms with E-state index < -0.39 is 5.41 Å². The minimum Gasteiger partial charge on any atom is -0.325 e. The smallest absolute Gasteiger partial charge is 0.240 e. The fourth-order valence-electron chi connectivity index (χ4n) is 2.57. The molecule has 5 nitrogen and oxygen atoms in total. The van der Waals surface area contributed by atoms with Gasteiger partial charge in [0.05, 0.1) is 11.6 Å². The first-order chi connectivity index (χ1) is 11.9. The number of nitrogens with zero attached hydrogens (tertiary/aromatic N) is 1. The summed E-state index contributed by atoms with van der Waals surface area (Å²) in [5, 5.41) is 14.5. The number of hydrogen-bond donors (Lipinski definition) is 2. The monoisotopic (exact) mass is 397 g/mol. The molecule has 2 N–H and O–H groups in total. The van der Waals surface area contributed by atoms with Crippen LogP contribution in [0.15, 0.2) is 46.9 Å². The zero-order chi connectivity index (χ0) is 18.0. The molecule has 0 aromatic heterocycles. The number of aryl methyl sites for hydroxylation is 1. The van der Waals surface area contributed by atoms with Crippen molar-refractivity contribution in [3.05, 3.63) is 58.1 Å². The van der Waals surface area contributed by atoms with Crippen LogP contribution in [0.5, 0.6) is 0 Å². The molecule has 2 aromatic carbocycles. The second-order valence-electron chi connectivity index (χ2n) is 6.15. The van der Waals surface area contributed by atoms with Gasteiger partial charge in [0.2, 0.25) is 11.8 Å². The highest BCUT2D eigenvalue weighted by Crippen LogP contribution is 2.47. The molecule has 0 aliphatic heterocycles. The maximum Gasteiger partial charge on any atom is 0.240 e. The van der Waals surface area contributed by atoms with Gasteiger partial charge >= 0.3 is 0 Å². The zero-order valence-electron chi connectivity index (χ0n) is 13.6. The Morgan fingerprint density at radius 1 is 1.08 bits per heavy atom. The molecule has 0 spiro atoms. The van der Waals surface area contributed by atoms with Crippen LogP contribution in [0.25, 0.3) is 0 Å². The summed E-state index contributed by atoms with van der Waals surface area (Å²) in [6, 6.07) is 14.2. The summed E-state index contributed by atoms with van der Waals surface area (Å²) in [5.41, 5.74) is 1.60. The van der Waals surface area contributed by atoms with E-state index in [1.807, 2.05) is 25.1 Å². The summed E-state index contributed by atoms with van der Waals surface area (Å²) in [7, 11) is 0. The molecule has 0 saturated heterocycles. The van der Waals surface area contributed by atoms with Crippen molar-refractivity contribution in [2.45, 2.75) is 19.8 Å². The highest BCUT2D eigenvalue weighted by molar-refractivity contribution is 9.10. The standard InChI is InChI=1S/C19H16BrN3O2/c1-12-9-15(5-6-16(12)20)23-18(25)19(7-8-19)17(24)22-14-4-2-3-13(10-14)11-21/h2-6,9-10H,7-8H2,1H3,(H,22,24)(H,23,25). The van der Waals surface area contributed by atoms with Gasteiger partial charge in [-0.25, -0.2) is 0 Å². The lowest BCUT2D eigenvalue weighted by molar-refractivity contribution is -0.131. The van der Waals surface area contributed by atoms with Crippen LogP contribution in [0.4, 0.5) is 11.4 Å². The van der Waals surface area contributed by atoms with E-state index in [0.29, 0.717) is 29.8 Å². The number of rotatable bonds is 4. The van der Waals surface area contributed by atoms with E-state index in [4.69, 9.17) is 5.26 Å². The number of amides is 2. The van der Waals surface area contributed by atoms with Crippen LogP contribution in [0.1, 0.15) is 24.0 Å². The van der Waals surface area contributed by atoms with E-state index in [2.05, 4.69) is 26.6 Å². The van der Waals surface area contributed by atoms with Gasteiger partial charge in [0.25, 0.3) is 0 Å². The van der Waals surface area contributed by atoms with Crippen LogP contribution in [-0.4, -0.2) is 11.8 Å². The van der Waals surface area contributed by atoms with E-state index in [1.165, 1.54) is 0 Å². The highest BCUT2D eigenvalue weighted by atomic mass is 79.9. The van der Waals surface area contributed by atoms with Crippen LogP contribution in [-0.2, 0) is 9.59 Å². The Labute approximate surface area is 154 Å². The minimum absolute atomic E-state index is 0.303. The van der Waals surface area contributed by atoms with E-state index in [0.717, 1.165) is 10.0 Å². The molecule has 25 heavy (non-hydrogen) atoms. The average Bonchev–Trinajstić information content (AvgIpc) is 3.40. The first kappa shape index (κ1) is 17.2. The number of halogens is 1. The quantitative estimate of drug-likeness (QED) is 0.765. The summed E-state index contributed by atoms with van der Waals surface area (Å²) < 4.78 is 0.960. The third kappa shape index (κ3) is 3.57. The van der Waals surface area contributed by atoms with Crippen molar-refractivity contribution < 1.29 is 9.59 Å². The van der Waals surface area contributed by atoms with Crippen molar-refractivity contribution in [2.24, 2.45) is 5.41 Å². The third-order valence-corrected chi connectivity index (χ3v) is 5.17. The van der Waals surface area contributed by atoms with Crippen molar-refractivity contribution in [3.63, 3.8) is 0 Å². The molecule has 0 radical (unpaired) electrons. The topological polar surface area (TPSA) is 82.0 Å². The Kier molecular flexibility index (Phi) is 4.60. The summed E-state index contributed by atoms with van der Waals surface area (Å²) in [6.45, 7) is 1.93. The van der Waals surface area contributed by atoms with Crippen molar-refractivity contribution in [1.82, 2.24) is 0 Å². The van der Waals surface area contributed by atoms with Crippen LogP contribution in [0, 0.1) is 23.7 Å². The molecule has 0 bridgehead atoms. The maximum absolute atomic E-state index is 12.6. The second kappa shape index (κ2) is 6.69. The Morgan fingerprint density at radius 2 is 1.72 bits per heavy atom. The lowest BCUT2D eigenvalue weighted by atomic mass is 10.0. The summed E-state index contributed by atoms with van der Waals surface area (Å²) in [5.74, 6) is -0.642. The molecule has 6 heteroatoms. The number of hydrogen-bond acceptors (Lipinski definition) is 3. The number of nitrogens with one attached hydrogen (secondary N) is 2. The third-order valence-electron chi connectivity index (χ3n) is 4.28. The SMILES string of the molecule is Cc1cc(NC(=O)C2(C(=O)Nc3cccc(C#N)c3)CC2)ccc1Br. The summed E-state index contributed by atoms with van der Waals surface area (Å²) in [4.78, 5) is 25.2. The predicted molar refractivity (Wildman–Crippen MR) is 99.0 cm³/mol. The largest absolute Gasteiger partial charge is 0.325 e. The lowest BCUT2D eigenvalue weighted by Gasteiger charge is -2.16. The van der Waals surface area contributed by atoms with Gasteiger partial charge < -0.3 is 10.6 Å². The van der Waals surface area contributed by atoms with Crippen molar-refractivity contribution in [2.75, 3.05) is 10.6 Å². The van der Waals surface area contributed by atoms with Gasteiger partial charge in [0.1, 0.15) is 5.41 Å². The van der Waals surface area contributed by atoms with E-state index in [-0.39, 0.29) is 11.8 Å². The lowest BCUT2D eigenvalue weighted by Crippen LogP contribution is -2.35. The molecule has 1 saturated carbocycles. The zero-order valence-corrected chi connectivity index (χ0v) is 15.2. The molecule has 1 fully saturated rings. The average molecular weight is 398 g/mol. The van der Waals surface area contributed by atoms with Crippen LogP contribution < -0.4 is 10.6 Å². The van der Waals surface area contributed by atoms with Gasteiger partial charge in [0, 0.05) is 15.8 Å². The molecule has 0 heterocycles. The number of carbonyl (C=O) groups is 2. The Morgan fingerprint density at radius 3 is 2.28 bits per heavy atom. The van der Waals surface area contributed by atoms with Gasteiger partial charge in [-0.1, -0.05) is 22.0 Å². The van der Waals surface area contributed by atoms with Crippen molar-refractivity contribution >= 4 is 39.1 Å². The van der Waals surface area contributed by atoms with Gasteiger partial charge in [-0.2, -0.15) is 5.26 Å². The Hall–Kier alpha value is -2.65. The van der Waals surface area contributed by atoms with Crippen molar-refractivity contribution in [3.8, 4) is 6.07 Å². The minimum atomic E-state index is -1.04. The molecule has 1 aliphatic carbocycles. The highest BCUT2D eigenvalue weighted by Gasteiger charge is 2.56. The molecule has 2 amide bonds. The van der Waals surface area contributed by atoms with Crippen LogP contribution in [0.2, 0.25) is 0 Å². The first-order valence-corrected chi connectivity index (χ1v) is 8.63. The van der Waals surface area contributed by atoms with Crippen LogP contribution >= 0.6 is 15.9 Å². The Bertz CT molecular complexity index is 898. The molecular formula is C19H16BrN3O2. The summed E-state index contributed by atoms with van der Waals surface area (Å²) >= 11 is 3.42. The molecular weight excluding hydrogens is 382 g/mol. The first-order valence-electron chi connectivity index (χ1n) is 7.84. The van der Waals surface area contributed by atoms with E-state index in [9.17, 15) is 9.59 Å². The van der Waals surface area contributed by atoms with Gasteiger partial charge in [-0.05, 0) is 61.7 Å². The van der Waals surface area contributed by atoms with E-state index >= 15 is 0 Å². The second-order valence-corrected chi connectivity index (χ2v) is 7.00. The fourth-order valence-corrected chi connectivity index (χ4v) is 2.82. The maximum atomic E-state index is 12.6. The molecule has 2 aromatic rings. The predicted octanol–water partition coefficient (Wildman–Crippen LogP) is 3.99. The van der Waals surface area contributed by atoms with Crippen LogP contribution in [0.3, 0.4) is 0 Å². The fraction of sp³-hybridized carbons (Fsp3) is 0.211. The number of carbonyl (C=O) groups excluding carboxylic acids is 2. The number of anilines is 2. The number of nitriles is 1. The molecule has 126 valence electrons. The van der Waals surface area contributed by atoms with Gasteiger partial charge in [-0.15, -0.1) is 0 Å². The molecule has 0 unspecified atom stereocenters. The molecule has 0 atom stereocenters. The van der Waals surface area contributed by atoms with Crippen molar-refractivity contribution in [1.29, 1.82) is 5.26 Å². The molecule has 3 rings (SSSR count). The molecule has 1 aliphatic rings. The van der Waals surface area contributed by atoms with E-state index in [1.54, 1.807) is 30.3 Å². The Balaban J connectivity index is 1.72. The normalized spacial score (nSPS) is 14.3. The van der Waals surface area contributed by atoms with Gasteiger partial charge in [-0.3, -0.25) is 9.59 Å².